The van der Waals surface area contributed by atoms with E-state index in [1.807, 2.05) is 6.92 Å². The maximum atomic E-state index is 12.7. The zero-order valence-electron chi connectivity index (χ0n) is 10.6. The molecule has 2 rings (SSSR count). The van der Waals surface area contributed by atoms with Crippen molar-refractivity contribution in [3.63, 3.8) is 0 Å². The van der Waals surface area contributed by atoms with Gasteiger partial charge in [-0.05, 0) is 37.8 Å². The predicted molar refractivity (Wildman–Crippen MR) is 67.5 cm³/mol. The molecule has 1 saturated carbocycles. The largest absolute Gasteiger partial charge is 0.416 e. The van der Waals surface area contributed by atoms with Gasteiger partial charge in [0, 0.05) is 6.04 Å². The maximum absolute atomic E-state index is 12.7. The molecule has 4 N–H and O–H groups in total. The van der Waals surface area contributed by atoms with E-state index in [4.69, 9.17) is 5.84 Å². The van der Waals surface area contributed by atoms with E-state index in [2.05, 4.69) is 15.7 Å². The standard InChI is InChI=1S/C12H17F3N4/c1-7(8-3-2-4-8)17-10-5-9(12(13,14)15)6-11(18-10)19-16/h5-8H,2-4,16H2,1H3,(H2,17,18,19). The number of hydrogen-bond donors (Lipinski definition) is 3. The molecule has 1 atom stereocenters. The number of anilines is 2. The second kappa shape index (κ2) is 5.24. The van der Waals surface area contributed by atoms with Gasteiger partial charge in [0.1, 0.15) is 11.6 Å². The molecule has 1 aromatic rings. The molecule has 19 heavy (non-hydrogen) atoms. The summed E-state index contributed by atoms with van der Waals surface area (Å²) in [6.45, 7) is 1.96. The van der Waals surface area contributed by atoms with Gasteiger partial charge in [-0.25, -0.2) is 10.8 Å². The summed E-state index contributed by atoms with van der Waals surface area (Å²) in [5.74, 6) is 5.85. The summed E-state index contributed by atoms with van der Waals surface area (Å²) >= 11 is 0. The fraction of sp³-hybridized carbons (Fsp3) is 0.583. The third-order valence-electron chi connectivity index (χ3n) is 3.53. The lowest BCUT2D eigenvalue weighted by atomic mass is 9.80. The van der Waals surface area contributed by atoms with E-state index in [1.165, 1.54) is 6.42 Å². The molecule has 106 valence electrons. The van der Waals surface area contributed by atoms with Crippen LogP contribution in [0.15, 0.2) is 12.1 Å². The van der Waals surface area contributed by atoms with Crippen LogP contribution in [0.1, 0.15) is 31.7 Å². The molecular formula is C12H17F3N4. The van der Waals surface area contributed by atoms with E-state index in [-0.39, 0.29) is 17.7 Å². The fourth-order valence-corrected chi connectivity index (χ4v) is 2.13. The first-order valence-corrected chi connectivity index (χ1v) is 6.22. The molecule has 0 saturated heterocycles. The average Bonchev–Trinajstić information content (AvgIpc) is 2.24. The number of hydrogen-bond acceptors (Lipinski definition) is 4. The molecule has 0 radical (unpaired) electrons. The number of aromatic nitrogens is 1. The molecule has 1 aliphatic rings. The quantitative estimate of drug-likeness (QED) is 0.583. The smallest absolute Gasteiger partial charge is 0.367 e. The molecule has 0 aromatic carbocycles. The minimum absolute atomic E-state index is 0.00173. The third kappa shape index (κ3) is 3.28. The van der Waals surface area contributed by atoms with Crippen molar-refractivity contribution in [2.45, 2.75) is 38.4 Å². The van der Waals surface area contributed by atoms with Gasteiger partial charge >= 0.3 is 6.18 Å². The number of hydrazine groups is 1. The topological polar surface area (TPSA) is 63.0 Å². The fourth-order valence-electron chi connectivity index (χ4n) is 2.13. The van der Waals surface area contributed by atoms with E-state index in [1.54, 1.807) is 0 Å². The molecule has 4 nitrogen and oxygen atoms in total. The van der Waals surface area contributed by atoms with Crippen molar-refractivity contribution in [1.82, 2.24) is 4.98 Å². The normalized spacial score (nSPS) is 17.7. The first-order valence-electron chi connectivity index (χ1n) is 6.22. The second-order valence-electron chi connectivity index (χ2n) is 4.89. The molecular weight excluding hydrogens is 257 g/mol. The summed E-state index contributed by atoms with van der Waals surface area (Å²) in [6.07, 6.45) is -1.02. The lowest BCUT2D eigenvalue weighted by Gasteiger charge is -2.32. The van der Waals surface area contributed by atoms with Crippen molar-refractivity contribution >= 4 is 11.6 Å². The van der Waals surface area contributed by atoms with E-state index in [9.17, 15) is 13.2 Å². The second-order valence-corrected chi connectivity index (χ2v) is 4.89. The van der Waals surface area contributed by atoms with Crippen molar-refractivity contribution in [2.75, 3.05) is 10.7 Å². The van der Waals surface area contributed by atoms with E-state index >= 15 is 0 Å². The van der Waals surface area contributed by atoms with Gasteiger partial charge in [-0.3, -0.25) is 0 Å². The van der Waals surface area contributed by atoms with Crippen LogP contribution in [-0.4, -0.2) is 11.0 Å². The minimum Gasteiger partial charge on any atom is -0.367 e. The van der Waals surface area contributed by atoms with Crippen molar-refractivity contribution < 1.29 is 13.2 Å². The molecule has 1 fully saturated rings. The highest BCUT2D eigenvalue weighted by Gasteiger charge is 2.32. The Morgan fingerprint density at radius 3 is 2.42 bits per heavy atom. The minimum atomic E-state index is -4.41. The maximum Gasteiger partial charge on any atom is 0.416 e. The number of halogens is 3. The van der Waals surface area contributed by atoms with Gasteiger partial charge in [-0.1, -0.05) is 6.42 Å². The Morgan fingerprint density at radius 1 is 1.32 bits per heavy atom. The van der Waals surface area contributed by atoms with Gasteiger partial charge in [-0.2, -0.15) is 13.2 Å². The lowest BCUT2D eigenvalue weighted by molar-refractivity contribution is -0.137. The number of nitrogen functional groups attached to an aromatic ring is 1. The zero-order valence-corrected chi connectivity index (χ0v) is 10.6. The van der Waals surface area contributed by atoms with Crippen LogP contribution in [0, 0.1) is 5.92 Å². The highest BCUT2D eigenvalue weighted by Crippen LogP contribution is 2.34. The molecule has 1 unspecified atom stereocenters. The number of nitrogens with two attached hydrogens (primary N) is 1. The Morgan fingerprint density at radius 2 is 1.95 bits per heavy atom. The molecule has 1 aliphatic carbocycles. The van der Waals surface area contributed by atoms with Gasteiger partial charge in [0.25, 0.3) is 0 Å². The highest BCUT2D eigenvalue weighted by molar-refractivity contribution is 5.49. The molecule has 1 heterocycles. The van der Waals surface area contributed by atoms with Gasteiger partial charge in [0.2, 0.25) is 0 Å². The van der Waals surface area contributed by atoms with Crippen molar-refractivity contribution in [3.05, 3.63) is 17.7 Å². The Kier molecular flexibility index (Phi) is 3.84. The van der Waals surface area contributed by atoms with Gasteiger partial charge in [0.05, 0.1) is 5.56 Å². The Balaban J connectivity index is 2.19. The summed E-state index contributed by atoms with van der Waals surface area (Å²) in [5.41, 5.74) is 1.39. The van der Waals surface area contributed by atoms with E-state index in [0.29, 0.717) is 5.92 Å². The average molecular weight is 274 g/mol. The molecule has 0 spiro atoms. The summed E-state index contributed by atoms with van der Waals surface area (Å²) in [5, 5.41) is 3.02. The lowest BCUT2D eigenvalue weighted by Crippen LogP contribution is -2.31. The zero-order chi connectivity index (χ0) is 14.0. The van der Waals surface area contributed by atoms with Crippen LogP contribution in [-0.2, 0) is 6.18 Å². The van der Waals surface area contributed by atoms with Gasteiger partial charge < -0.3 is 10.7 Å². The Bertz CT molecular complexity index is 443. The van der Waals surface area contributed by atoms with Crippen LogP contribution in [0.4, 0.5) is 24.8 Å². The van der Waals surface area contributed by atoms with Crippen LogP contribution in [0.5, 0.6) is 0 Å². The van der Waals surface area contributed by atoms with E-state index in [0.717, 1.165) is 25.0 Å². The number of pyridine rings is 1. The molecule has 0 bridgehead atoms. The number of alkyl halides is 3. The molecule has 0 amide bonds. The van der Waals surface area contributed by atoms with E-state index < -0.39 is 11.7 Å². The Hall–Kier alpha value is -1.50. The summed E-state index contributed by atoms with van der Waals surface area (Å²) in [6, 6.07) is 2.00. The third-order valence-corrected chi connectivity index (χ3v) is 3.53. The Labute approximate surface area is 109 Å². The van der Waals surface area contributed by atoms with Crippen molar-refractivity contribution in [1.29, 1.82) is 0 Å². The van der Waals surface area contributed by atoms with Crippen LogP contribution in [0.3, 0.4) is 0 Å². The van der Waals surface area contributed by atoms with Gasteiger partial charge in [0.15, 0.2) is 0 Å². The summed E-state index contributed by atoms with van der Waals surface area (Å²) < 4.78 is 38.2. The summed E-state index contributed by atoms with van der Waals surface area (Å²) in [7, 11) is 0. The molecule has 1 aromatic heterocycles. The molecule has 0 aliphatic heterocycles. The predicted octanol–water partition coefficient (Wildman–Crippen LogP) is 2.99. The monoisotopic (exact) mass is 274 g/mol. The number of nitrogens with one attached hydrogen (secondary N) is 2. The first kappa shape index (κ1) is 13.9. The van der Waals surface area contributed by atoms with Crippen LogP contribution in [0.2, 0.25) is 0 Å². The highest BCUT2D eigenvalue weighted by atomic mass is 19.4. The number of rotatable bonds is 4. The summed E-state index contributed by atoms with van der Waals surface area (Å²) in [4.78, 5) is 4.00. The first-order chi connectivity index (χ1) is 8.90. The molecule has 7 heteroatoms. The van der Waals surface area contributed by atoms with Gasteiger partial charge in [-0.15, -0.1) is 0 Å². The van der Waals surface area contributed by atoms with Crippen molar-refractivity contribution in [3.8, 4) is 0 Å². The SMILES string of the molecule is CC(Nc1cc(C(F)(F)F)cc(NN)n1)C1CCC1. The van der Waals surface area contributed by atoms with Crippen LogP contribution >= 0.6 is 0 Å². The van der Waals surface area contributed by atoms with Crippen molar-refractivity contribution in [2.24, 2.45) is 11.8 Å². The number of nitrogens with zero attached hydrogens (tertiary/aromatic N) is 1. The van der Waals surface area contributed by atoms with Crippen LogP contribution in [0.25, 0.3) is 0 Å². The van der Waals surface area contributed by atoms with Crippen LogP contribution < -0.4 is 16.6 Å².